The number of pyridine rings is 1. The van der Waals surface area contributed by atoms with Gasteiger partial charge in [0, 0.05) is 17.8 Å². The lowest BCUT2D eigenvalue weighted by Gasteiger charge is -2.43. The lowest BCUT2D eigenvalue weighted by atomic mass is 9.75. The quantitative estimate of drug-likeness (QED) is 0.104. The molecular formula is C42H44F4N8O5S. The van der Waals surface area contributed by atoms with E-state index in [1.54, 1.807) is 17.9 Å². The largest absolute Gasteiger partial charge is 0.493 e. The number of nitriles is 1. The number of anilines is 4. The number of carbonyl (C=O) groups is 4. The third kappa shape index (κ3) is 8.37. The molecule has 3 saturated heterocycles. The van der Waals surface area contributed by atoms with Crippen LogP contribution in [0.3, 0.4) is 0 Å². The highest BCUT2D eigenvalue weighted by molar-refractivity contribution is 7.81. The topological polar surface area (TPSA) is 160 Å². The number of aromatic nitrogens is 1. The van der Waals surface area contributed by atoms with Crippen LogP contribution in [0.5, 0.6) is 5.75 Å². The Labute approximate surface area is 349 Å². The molecule has 3 aliphatic heterocycles. The highest BCUT2D eigenvalue weighted by Gasteiger charge is 2.60. The molecule has 3 aromatic rings. The zero-order valence-electron chi connectivity index (χ0n) is 33.0. The standard InChI is InChI=1S/C42H44F4N8O5S/c1-3-26-19-28(54-40(60)53(39(58)41(54)14-4-15-41)29-21-30(42(44,45)46)34(22-47)48-23-29)6-9-35(26)59-18-13-25-11-16-52(17-12-25)24(2)37(56)50-33-20-27(5-7-31(33)43)49-32-8-10-36(55)51-38(32)57/h5-7,9,19-21,23-25,32,49H,3-4,8,10-18H2,1-2H3,(H,50,56)(H,51,55,57)/t24-,32?/m0/s1. The fraction of sp³-hybridized carbons (Fsp3) is 0.452. The monoisotopic (exact) mass is 848 g/mol. The first-order chi connectivity index (χ1) is 28.6. The number of rotatable bonds is 12. The van der Waals surface area contributed by atoms with Gasteiger partial charge in [0.1, 0.15) is 29.2 Å². The average Bonchev–Trinajstić information content (AvgIpc) is 3.45. The first-order valence-electron chi connectivity index (χ1n) is 20.0. The predicted molar refractivity (Wildman–Crippen MR) is 218 cm³/mol. The number of thiocarbonyl (C=S) groups is 1. The van der Waals surface area contributed by atoms with Crippen molar-refractivity contribution >= 4 is 63.7 Å². The summed E-state index contributed by atoms with van der Waals surface area (Å²) in [6, 6.07) is 10.7. The number of amides is 4. The van der Waals surface area contributed by atoms with Crippen LogP contribution in [0.15, 0.2) is 48.7 Å². The van der Waals surface area contributed by atoms with Crippen LogP contribution >= 0.6 is 12.2 Å². The number of benzene rings is 2. The van der Waals surface area contributed by atoms with Crippen molar-refractivity contribution < 1.29 is 41.5 Å². The Morgan fingerprint density at radius 1 is 1.10 bits per heavy atom. The van der Waals surface area contributed by atoms with Crippen LogP contribution in [0, 0.1) is 23.1 Å². The van der Waals surface area contributed by atoms with Crippen LogP contribution in [0.25, 0.3) is 0 Å². The molecule has 4 heterocycles. The summed E-state index contributed by atoms with van der Waals surface area (Å²) in [4.78, 5) is 59.4. The molecule has 1 saturated carbocycles. The van der Waals surface area contributed by atoms with E-state index in [1.165, 1.54) is 24.3 Å². The molecule has 1 aromatic heterocycles. The van der Waals surface area contributed by atoms with Crippen LogP contribution in [0.4, 0.5) is 40.3 Å². The highest BCUT2D eigenvalue weighted by atomic mass is 32.1. The number of carbonyl (C=O) groups excluding carboxylic acids is 4. The molecule has 1 aliphatic carbocycles. The van der Waals surface area contributed by atoms with Crippen LogP contribution in [0.1, 0.15) is 82.0 Å². The summed E-state index contributed by atoms with van der Waals surface area (Å²) in [5.74, 6) is -1.18. The normalized spacial score (nSPS) is 20.1. The van der Waals surface area contributed by atoms with Gasteiger partial charge in [0.15, 0.2) is 10.8 Å². The Kier molecular flexibility index (Phi) is 12.1. The van der Waals surface area contributed by atoms with E-state index in [0.29, 0.717) is 68.4 Å². The number of imide groups is 1. The van der Waals surface area contributed by atoms with E-state index in [4.69, 9.17) is 17.0 Å². The lowest BCUT2D eigenvalue weighted by molar-refractivity contribution is -0.138. The third-order valence-corrected chi connectivity index (χ3v) is 12.3. The number of piperidine rings is 2. The fourth-order valence-electron chi connectivity index (χ4n) is 8.32. The van der Waals surface area contributed by atoms with Crippen molar-refractivity contribution in [1.29, 1.82) is 5.26 Å². The second-order valence-electron chi connectivity index (χ2n) is 15.6. The molecule has 18 heteroatoms. The van der Waals surface area contributed by atoms with Gasteiger partial charge in [-0.15, -0.1) is 0 Å². The summed E-state index contributed by atoms with van der Waals surface area (Å²) < 4.78 is 62.4. The number of hydrogen-bond acceptors (Lipinski definition) is 10. The molecule has 0 bridgehead atoms. The molecule has 1 spiro atoms. The van der Waals surface area contributed by atoms with Gasteiger partial charge < -0.3 is 20.3 Å². The van der Waals surface area contributed by atoms with Gasteiger partial charge >= 0.3 is 6.18 Å². The molecule has 1 unspecified atom stereocenters. The van der Waals surface area contributed by atoms with E-state index < -0.39 is 52.7 Å². The highest BCUT2D eigenvalue weighted by Crippen LogP contribution is 2.49. The number of aryl methyl sites for hydroxylation is 1. The van der Waals surface area contributed by atoms with Crippen molar-refractivity contribution in [2.24, 2.45) is 5.92 Å². The maximum atomic E-state index is 14.7. The summed E-state index contributed by atoms with van der Waals surface area (Å²) in [7, 11) is 0. The zero-order valence-corrected chi connectivity index (χ0v) is 33.9. The van der Waals surface area contributed by atoms with Gasteiger partial charge in [0.05, 0.1) is 35.8 Å². The minimum atomic E-state index is -4.85. The maximum absolute atomic E-state index is 14.7. The molecule has 4 aliphatic rings. The Bertz CT molecular complexity index is 2260. The van der Waals surface area contributed by atoms with Crippen LogP contribution in [-0.4, -0.2) is 75.9 Å². The van der Waals surface area contributed by atoms with E-state index in [-0.39, 0.29) is 34.7 Å². The number of halogens is 4. The molecule has 316 valence electrons. The summed E-state index contributed by atoms with van der Waals surface area (Å²) in [6.45, 7) is 5.53. The Morgan fingerprint density at radius 2 is 1.85 bits per heavy atom. The van der Waals surface area contributed by atoms with E-state index in [1.807, 2.05) is 19.1 Å². The maximum Gasteiger partial charge on any atom is 0.419 e. The number of likely N-dealkylation sites (tertiary alicyclic amines) is 1. The molecule has 2 aromatic carbocycles. The lowest BCUT2D eigenvalue weighted by Crippen LogP contribution is -2.55. The summed E-state index contributed by atoms with van der Waals surface area (Å²) in [5.41, 5.74) is -1.29. The second kappa shape index (κ2) is 17.1. The van der Waals surface area contributed by atoms with Gasteiger partial charge in [-0.3, -0.25) is 34.3 Å². The van der Waals surface area contributed by atoms with Gasteiger partial charge in [0.2, 0.25) is 17.7 Å². The zero-order chi connectivity index (χ0) is 42.9. The summed E-state index contributed by atoms with van der Waals surface area (Å²) >= 11 is 5.78. The van der Waals surface area contributed by atoms with Gasteiger partial charge in [-0.05, 0) is 138 Å². The van der Waals surface area contributed by atoms with E-state index in [0.717, 1.165) is 48.4 Å². The molecule has 4 amide bonds. The Morgan fingerprint density at radius 3 is 2.50 bits per heavy atom. The first kappa shape index (κ1) is 42.5. The van der Waals surface area contributed by atoms with E-state index >= 15 is 0 Å². The second-order valence-corrected chi connectivity index (χ2v) is 16.0. The molecule has 0 radical (unpaired) electrons. The van der Waals surface area contributed by atoms with Crippen molar-refractivity contribution in [3.8, 4) is 11.8 Å². The summed E-state index contributed by atoms with van der Waals surface area (Å²) in [5, 5.41) is 17.2. The number of hydrogen-bond donors (Lipinski definition) is 3. The minimum Gasteiger partial charge on any atom is -0.493 e. The number of alkyl halides is 3. The van der Waals surface area contributed by atoms with Gasteiger partial charge in [0.25, 0.3) is 5.91 Å². The Hall–Kier alpha value is -5.67. The molecule has 60 heavy (non-hydrogen) atoms. The van der Waals surface area contributed by atoms with Gasteiger partial charge in [-0.25, -0.2) is 9.37 Å². The van der Waals surface area contributed by atoms with Crippen LogP contribution in [0.2, 0.25) is 0 Å². The molecule has 4 fully saturated rings. The van der Waals surface area contributed by atoms with Gasteiger partial charge in [-0.1, -0.05) is 6.92 Å². The van der Waals surface area contributed by atoms with E-state index in [9.17, 15) is 42.0 Å². The molecule has 7 rings (SSSR count). The van der Waals surface area contributed by atoms with Gasteiger partial charge in [-0.2, -0.15) is 18.4 Å². The number of nitrogens with zero attached hydrogens (tertiary/aromatic N) is 5. The average molecular weight is 849 g/mol. The third-order valence-electron chi connectivity index (χ3n) is 12.0. The van der Waals surface area contributed by atoms with Crippen LogP contribution < -0.4 is 30.5 Å². The SMILES string of the molecule is CCc1cc(N2C(=S)N(c3cnc(C#N)c(C(F)(F)F)c3)C(=O)C23CCC3)ccc1OCCC1CCN([C@@H](C)C(=O)Nc2cc(NC3CCC(=O)NC3=O)ccc2F)CC1. The molecule has 3 N–H and O–H groups in total. The fourth-order valence-corrected chi connectivity index (χ4v) is 8.79. The smallest absolute Gasteiger partial charge is 0.419 e. The van der Waals surface area contributed by atoms with Crippen molar-refractivity contribution in [2.75, 3.05) is 40.1 Å². The molecule has 2 atom stereocenters. The minimum absolute atomic E-state index is 0.0135. The number of ether oxygens (including phenoxy) is 1. The van der Waals surface area contributed by atoms with Crippen molar-refractivity contribution in [3.05, 3.63) is 71.3 Å². The Balaban J connectivity index is 0.930. The molecule has 13 nitrogen and oxygen atoms in total. The summed E-state index contributed by atoms with van der Waals surface area (Å²) in [6.07, 6.45) is 1.44. The van der Waals surface area contributed by atoms with Crippen molar-refractivity contribution in [2.45, 2.75) is 95.4 Å². The molecular weight excluding hydrogens is 805 g/mol. The predicted octanol–water partition coefficient (Wildman–Crippen LogP) is 6.46. The van der Waals surface area contributed by atoms with Crippen LogP contribution in [-0.2, 0) is 31.8 Å². The van der Waals surface area contributed by atoms with Crippen molar-refractivity contribution in [1.82, 2.24) is 15.2 Å². The van der Waals surface area contributed by atoms with Crippen molar-refractivity contribution in [3.63, 3.8) is 0 Å². The number of nitrogens with one attached hydrogen (secondary N) is 3. The van der Waals surface area contributed by atoms with E-state index in [2.05, 4.69) is 25.8 Å². The first-order valence-corrected chi connectivity index (χ1v) is 20.4.